The number of nitrogens with two attached hydrogens (primary N) is 1. The van der Waals surface area contributed by atoms with Crippen LogP contribution in [0.3, 0.4) is 0 Å². The fourth-order valence-electron chi connectivity index (χ4n) is 2.80. The lowest BCUT2D eigenvalue weighted by Crippen LogP contribution is -2.08. The average molecular weight is 263 g/mol. The molecule has 0 saturated carbocycles. The minimum absolute atomic E-state index is 0.324. The molecule has 3 aromatic rings. The molecule has 4 rings (SSSR count). The highest BCUT2D eigenvalue weighted by Gasteiger charge is 2.18. The van der Waals surface area contributed by atoms with Gasteiger partial charge >= 0.3 is 0 Å². The van der Waals surface area contributed by atoms with E-state index in [0.717, 1.165) is 12.1 Å². The van der Waals surface area contributed by atoms with Crippen molar-refractivity contribution in [1.82, 2.24) is 20.2 Å². The van der Waals surface area contributed by atoms with E-state index in [9.17, 15) is 0 Å². The average Bonchev–Trinajstić information content (AvgIpc) is 3.10. The molecule has 0 fully saturated rings. The van der Waals surface area contributed by atoms with Crippen LogP contribution >= 0.6 is 0 Å². The van der Waals surface area contributed by atoms with Gasteiger partial charge in [0.2, 0.25) is 0 Å². The van der Waals surface area contributed by atoms with Crippen LogP contribution in [-0.2, 0) is 13.0 Å². The van der Waals surface area contributed by atoms with Gasteiger partial charge in [-0.25, -0.2) is 0 Å². The Bertz CT molecular complexity index is 790. The molecule has 2 N–H and O–H groups in total. The molecule has 0 radical (unpaired) electrons. The zero-order valence-electron chi connectivity index (χ0n) is 10.8. The summed E-state index contributed by atoms with van der Waals surface area (Å²) in [6.45, 7) is 0.324. The molecule has 0 saturated heterocycles. The van der Waals surface area contributed by atoms with E-state index >= 15 is 0 Å². The maximum absolute atomic E-state index is 5.65. The molecule has 98 valence electrons. The number of aromatic nitrogens is 4. The first-order valence-electron chi connectivity index (χ1n) is 6.56. The third-order valence-corrected chi connectivity index (χ3v) is 3.74. The van der Waals surface area contributed by atoms with Gasteiger partial charge in [-0.15, -0.1) is 5.10 Å². The van der Waals surface area contributed by atoms with Crippen LogP contribution in [0.15, 0.2) is 42.5 Å². The lowest BCUT2D eigenvalue weighted by Gasteiger charge is -2.06. The van der Waals surface area contributed by atoms with Crippen molar-refractivity contribution in [1.29, 1.82) is 0 Å². The van der Waals surface area contributed by atoms with E-state index in [2.05, 4.69) is 51.9 Å². The second kappa shape index (κ2) is 4.25. The van der Waals surface area contributed by atoms with Gasteiger partial charge in [0, 0.05) is 0 Å². The molecule has 1 aliphatic rings. The van der Waals surface area contributed by atoms with Gasteiger partial charge in [-0.2, -0.15) is 4.68 Å². The molecule has 1 aliphatic carbocycles. The van der Waals surface area contributed by atoms with Gasteiger partial charge in [0.1, 0.15) is 0 Å². The quantitative estimate of drug-likeness (QED) is 0.597. The SMILES string of the molecule is NCc1nnnn1-c1ccc2c(c1)Cc1ccccc1-2. The van der Waals surface area contributed by atoms with E-state index < -0.39 is 0 Å². The van der Waals surface area contributed by atoms with E-state index in [4.69, 9.17) is 5.73 Å². The van der Waals surface area contributed by atoms with E-state index in [0.29, 0.717) is 12.4 Å². The molecule has 0 unspecified atom stereocenters. The topological polar surface area (TPSA) is 69.6 Å². The Balaban J connectivity index is 1.83. The molecule has 0 bridgehead atoms. The van der Waals surface area contributed by atoms with Crippen LogP contribution in [0.5, 0.6) is 0 Å². The van der Waals surface area contributed by atoms with E-state index in [1.54, 1.807) is 4.68 Å². The van der Waals surface area contributed by atoms with Crippen LogP contribution in [0.25, 0.3) is 16.8 Å². The summed E-state index contributed by atoms with van der Waals surface area (Å²) in [6, 6.07) is 14.8. The monoisotopic (exact) mass is 263 g/mol. The first-order valence-corrected chi connectivity index (χ1v) is 6.56. The number of rotatable bonds is 2. The number of tetrazole rings is 1. The highest BCUT2D eigenvalue weighted by molar-refractivity contribution is 5.77. The first-order chi connectivity index (χ1) is 9.86. The molecular weight excluding hydrogens is 250 g/mol. The van der Waals surface area contributed by atoms with Crippen molar-refractivity contribution in [3.63, 3.8) is 0 Å². The summed E-state index contributed by atoms with van der Waals surface area (Å²) in [5.74, 6) is 0.667. The van der Waals surface area contributed by atoms with Crippen molar-refractivity contribution in [3.8, 4) is 16.8 Å². The van der Waals surface area contributed by atoms with Crippen LogP contribution in [0, 0.1) is 0 Å². The molecule has 0 aliphatic heterocycles. The van der Waals surface area contributed by atoms with Crippen molar-refractivity contribution < 1.29 is 0 Å². The molecule has 5 nitrogen and oxygen atoms in total. The highest BCUT2D eigenvalue weighted by Crippen LogP contribution is 2.37. The predicted octanol–water partition coefficient (Wildman–Crippen LogP) is 1.69. The molecule has 0 amide bonds. The van der Waals surface area contributed by atoms with Gasteiger partial charge in [0.25, 0.3) is 0 Å². The molecule has 2 aromatic carbocycles. The number of nitrogens with zero attached hydrogens (tertiary/aromatic N) is 4. The summed E-state index contributed by atoms with van der Waals surface area (Å²) < 4.78 is 1.70. The second-order valence-corrected chi connectivity index (χ2v) is 4.89. The standard InChI is InChI=1S/C15H13N5/c16-9-15-17-18-19-20(15)12-5-6-14-11(8-12)7-10-3-1-2-4-13(10)14/h1-6,8H,7,9,16H2. The van der Waals surface area contributed by atoms with Crippen molar-refractivity contribution in [2.75, 3.05) is 0 Å². The van der Waals surface area contributed by atoms with Crippen molar-refractivity contribution in [3.05, 3.63) is 59.4 Å². The Morgan fingerprint density at radius 3 is 2.80 bits per heavy atom. The summed E-state index contributed by atoms with van der Waals surface area (Å²) in [6.07, 6.45) is 0.958. The Morgan fingerprint density at radius 2 is 1.90 bits per heavy atom. The molecule has 5 heteroatoms. The van der Waals surface area contributed by atoms with Crippen molar-refractivity contribution in [2.24, 2.45) is 5.73 Å². The van der Waals surface area contributed by atoms with Crippen LogP contribution in [-0.4, -0.2) is 20.2 Å². The zero-order valence-corrected chi connectivity index (χ0v) is 10.8. The van der Waals surface area contributed by atoms with Crippen LogP contribution in [0.1, 0.15) is 17.0 Å². The Kier molecular flexibility index (Phi) is 2.40. The van der Waals surface area contributed by atoms with Gasteiger partial charge in [-0.1, -0.05) is 30.3 Å². The Labute approximate surface area is 116 Å². The lowest BCUT2D eigenvalue weighted by atomic mass is 10.1. The fourth-order valence-corrected chi connectivity index (χ4v) is 2.80. The summed E-state index contributed by atoms with van der Waals surface area (Å²) in [5, 5.41) is 11.6. The summed E-state index contributed by atoms with van der Waals surface area (Å²) in [5.41, 5.74) is 11.9. The zero-order chi connectivity index (χ0) is 13.5. The molecule has 1 aromatic heterocycles. The second-order valence-electron chi connectivity index (χ2n) is 4.89. The van der Waals surface area contributed by atoms with Gasteiger partial charge in [0.15, 0.2) is 5.82 Å². The number of fused-ring (bicyclic) bond motifs is 3. The summed E-state index contributed by atoms with van der Waals surface area (Å²) in [4.78, 5) is 0. The lowest BCUT2D eigenvalue weighted by molar-refractivity contribution is 0.761. The molecular formula is C15H13N5. The Morgan fingerprint density at radius 1 is 1.05 bits per heavy atom. The maximum Gasteiger partial charge on any atom is 0.170 e. The minimum Gasteiger partial charge on any atom is -0.324 e. The Hall–Kier alpha value is -2.53. The first kappa shape index (κ1) is 11.3. The normalized spacial score (nSPS) is 12.2. The molecule has 20 heavy (non-hydrogen) atoms. The van der Waals surface area contributed by atoms with Crippen LogP contribution in [0.4, 0.5) is 0 Å². The van der Waals surface area contributed by atoms with Gasteiger partial charge in [-0.3, -0.25) is 0 Å². The maximum atomic E-state index is 5.65. The summed E-state index contributed by atoms with van der Waals surface area (Å²) >= 11 is 0. The predicted molar refractivity (Wildman–Crippen MR) is 75.3 cm³/mol. The molecule has 0 spiro atoms. The minimum atomic E-state index is 0.324. The smallest absolute Gasteiger partial charge is 0.170 e. The van der Waals surface area contributed by atoms with Crippen molar-refractivity contribution in [2.45, 2.75) is 13.0 Å². The fraction of sp³-hybridized carbons (Fsp3) is 0.133. The summed E-state index contributed by atoms with van der Waals surface area (Å²) in [7, 11) is 0. The van der Waals surface area contributed by atoms with Gasteiger partial charge < -0.3 is 5.73 Å². The largest absolute Gasteiger partial charge is 0.324 e. The van der Waals surface area contributed by atoms with Crippen LogP contribution in [0.2, 0.25) is 0 Å². The van der Waals surface area contributed by atoms with E-state index in [1.165, 1.54) is 22.3 Å². The van der Waals surface area contributed by atoms with E-state index in [-0.39, 0.29) is 0 Å². The number of hydrogen-bond acceptors (Lipinski definition) is 4. The van der Waals surface area contributed by atoms with Crippen LogP contribution < -0.4 is 5.73 Å². The highest BCUT2D eigenvalue weighted by atomic mass is 15.5. The van der Waals surface area contributed by atoms with Crippen molar-refractivity contribution >= 4 is 0 Å². The third-order valence-electron chi connectivity index (χ3n) is 3.74. The van der Waals surface area contributed by atoms with Gasteiger partial charge in [-0.05, 0) is 51.2 Å². The molecule has 0 atom stereocenters. The van der Waals surface area contributed by atoms with E-state index in [1.807, 2.05) is 6.07 Å². The van der Waals surface area contributed by atoms with Gasteiger partial charge in [0.05, 0.1) is 12.2 Å². The third kappa shape index (κ3) is 1.57. The number of benzene rings is 2. The number of hydrogen-bond donors (Lipinski definition) is 1. The molecule has 1 heterocycles.